The van der Waals surface area contributed by atoms with Crippen LogP contribution in [0.3, 0.4) is 0 Å². The Bertz CT molecular complexity index is 399. The highest BCUT2D eigenvalue weighted by atomic mass is 16.5. The molecule has 0 fully saturated rings. The van der Waals surface area contributed by atoms with Crippen LogP contribution in [0.25, 0.3) is 0 Å². The molecule has 80 valence electrons. The second-order valence-electron chi connectivity index (χ2n) is 3.07. The molecule has 2 N–H and O–H groups in total. The first-order valence-corrected chi connectivity index (χ1v) is 4.61. The lowest BCUT2D eigenvalue weighted by Crippen LogP contribution is -2.07. The Hall–Kier alpha value is -1.84. The van der Waals surface area contributed by atoms with Crippen molar-refractivity contribution >= 4 is 17.4 Å². The van der Waals surface area contributed by atoms with Crippen LogP contribution in [0.5, 0.6) is 0 Å². The van der Waals surface area contributed by atoms with Gasteiger partial charge in [-0.3, -0.25) is 4.79 Å². The average Bonchev–Trinajstić information content (AvgIpc) is 2.27. The number of Topliss-reactive ketones (excluding diaryl/α,β-unsaturated/α-hetero) is 1. The number of methoxy groups -OCH3 is 1. The molecule has 0 saturated carbocycles. The predicted molar refractivity (Wildman–Crippen MR) is 56.8 cm³/mol. The molecule has 0 unspecified atom stereocenters. The van der Waals surface area contributed by atoms with Crippen molar-refractivity contribution in [1.82, 2.24) is 0 Å². The van der Waals surface area contributed by atoms with Crippen molar-refractivity contribution in [2.45, 2.75) is 13.3 Å². The fourth-order valence-corrected chi connectivity index (χ4v) is 1.23. The number of carbonyl (C=O) groups is 2. The van der Waals surface area contributed by atoms with E-state index in [1.54, 1.807) is 6.92 Å². The molecule has 0 radical (unpaired) electrons. The van der Waals surface area contributed by atoms with E-state index in [1.807, 2.05) is 0 Å². The Labute approximate surface area is 88.0 Å². The smallest absolute Gasteiger partial charge is 0.337 e. The summed E-state index contributed by atoms with van der Waals surface area (Å²) >= 11 is 0. The molecule has 0 aliphatic heterocycles. The number of nitrogens with two attached hydrogens (primary N) is 1. The third-order valence-corrected chi connectivity index (χ3v) is 2.10. The Morgan fingerprint density at radius 2 is 2.07 bits per heavy atom. The standard InChI is InChI=1S/C11H13NO3/c1-3-10(13)8-6-7(11(14)15-2)4-5-9(8)12/h4-6H,3,12H2,1-2H3. The molecular formula is C11H13NO3. The van der Waals surface area contributed by atoms with Crippen molar-refractivity contribution in [1.29, 1.82) is 0 Å². The highest BCUT2D eigenvalue weighted by Gasteiger charge is 2.12. The van der Waals surface area contributed by atoms with Gasteiger partial charge in [0.15, 0.2) is 5.78 Å². The summed E-state index contributed by atoms with van der Waals surface area (Å²) in [5.41, 5.74) is 6.73. The average molecular weight is 207 g/mol. The zero-order chi connectivity index (χ0) is 11.4. The van der Waals surface area contributed by atoms with E-state index >= 15 is 0 Å². The number of rotatable bonds is 3. The van der Waals surface area contributed by atoms with Gasteiger partial charge in [0.05, 0.1) is 12.7 Å². The zero-order valence-corrected chi connectivity index (χ0v) is 8.74. The maximum Gasteiger partial charge on any atom is 0.337 e. The lowest BCUT2D eigenvalue weighted by Gasteiger charge is -2.05. The van der Waals surface area contributed by atoms with E-state index in [0.717, 1.165) is 0 Å². The fraction of sp³-hybridized carbons (Fsp3) is 0.273. The van der Waals surface area contributed by atoms with Gasteiger partial charge in [-0.2, -0.15) is 0 Å². The third-order valence-electron chi connectivity index (χ3n) is 2.10. The van der Waals surface area contributed by atoms with Gasteiger partial charge in [0.2, 0.25) is 0 Å². The molecule has 0 atom stereocenters. The van der Waals surface area contributed by atoms with Gasteiger partial charge < -0.3 is 10.5 Å². The zero-order valence-electron chi connectivity index (χ0n) is 8.74. The SMILES string of the molecule is CCC(=O)c1cc(C(=O)OC)ccc1N. The van der Waals surface area contributed by atoms with Gasteiger partial charge in [-0.1, -0.05) is 6.92 Å². The van der Waals surface area contributed by atoms with E-state index < -0.39 is 5.97 Å². The quantitative estimate of drug-likeness (QED) is 0.464. The summed E-state index contributed by atoms with van der Waals surface area (Å²) in [4.78, 5) is 22.7. The summed E-state index contributed by atoms with van der Waals surface area (Å²) < 4.78 is 4.55. The van der Waals surface area contributed by atoms with E-state index in [1.165, 1.54) is 25.3 Å². The minimum Gasteiger partial charge on any atom is -0.465 e. The summed E-state index contributed by atoms with van der Waals surface area (Å²) in [6.07, 6.45) is 0.356. The molecule has 4 nitrogen and oxygen atoms in total. The van der Waals surface area contributed by atoms with Crippen LogP contribution in [-0.4, -0.2) is 18.9 Å². The van der Waals surface area contributed by atoms with Crippen LogP contribution in [0.1, 0.15) is 34.1 Å². The van der Waals surface area contributed by atoms with E-state index in [9.17, 15) is 9.59 Å². The van der Waals surface area contributed by atoms with Crippen molar-refractivity contribution in [2.75, 3.05) is 12.8 Å². The van der Waals surface area contributed by atoms with E-state index in [-0.39, 0.29) is 5.78 Å². The number of hydrogen-bond donors (Lipinski definition) is 1. The number of ether oxygens (including phenoxy) is 1. The second kappa shape index (κ2) is 4.59. The van der Waals surface area contributed by atoms with E-state index in [4.69, 9.17) is 5.73 Å². The summed E-state index contributed by atoms with van der Waals surface area (Å²) in [5, 5.41) is 0. The highest BCUT2D eigenvalue weighted by Crippen LogP contribution is 2.16. The Balaban J connectivity index is 3.16. The van der Waals surface area contributed by atoms with Gasteiger partial charge in [0.1, 0.15) is 0 Å². The Morgan fingerprint density at radius 1 is 1.40 bits per heavy atom. The second-order valence-corrected chi connectivity index (χ2v) is 3.07. The van der Waals surface area contributed by atoms with Crippen molar-refractivity contribution in [3.63, 3.8) is 0 Å². The molecular weight excluding hydrogens is 194 g/mol. The normalized spacial score (nSPS) is 9.73. The topological polar surface area (TPSA) is 69.4 Å². The van der Waals surface area contributed by atoms with Crippen molar-refractivity contribution in [3.05, 3.63) is 29.3 Å². The molecule has 0 spiro atoms. The maximum absolute atomic E-state index is 11.5. The molecule has 4 heteroatoms. The Morgan fingerprint density at radius 3 is 2.60 bits per heavy atom. The molecule has 15 heavy (non-hydrogen) atoms. The van der Waals surface area contributed by atoms with Crippen LogP contribution < -0.4 is 5.73 Å². The van der Waals surface area contributed by atoms with Crippen molar-refractivity contribution in [2.24, 2.45) is 0 Å². The monoisotopic (exact) mass is 207 g/mol. The van der Waals surface area contributed by atoms with Crippen LogP contribution in [0, 0.1) is 0 Å². The number of anilines is 1. The summed E-state index contributed by atoms with van der Waals surface area (Å²) in [6, 6.07) is 4.54. The molecule has 0 heterocycles. The maximum atomic E-state index is 11.5. The van der Waals surface area contributed by atoms with Gasteiger partial charge >= 0.3 is 5.97 Å². The first kappa shape index (κ1) is 11.2. The van der Waals surface area contributed by atoms with Crippen LogP contribution in [0.4, 0.5) is 5.69 Å². The van der Waals surface area contributed by atoms with Crippen molar-refractivity contribution in [3.8, 4) is 0 Å². The van der Waals surface area contributed by atoms with E-state index in [0.29, 0.717) is 23.2 Å². The summed E-state index contributed by atoms with van der Waals surface area (Å²) in [5.74, 6) is -0.557. The van der Waals surface area contributed by atoms with Gasteiger partial charge in [-0.05, 0) is 18.2 Å². The summed E-state index contributed by atoms with van der Waals surface area (Å²) in [7, 11) is 1.29. The van der Waals surface area contributed by atoms with Crippen LogP contribution in [-0.2, 0) is 4.74 Å². The summed E-state index contributed by atoms with van der Waals surface area (Å²) in [6.45, 7) is 1.74. The molecule has 0 aliphatic rings. The first-order chi connectivity index (χ1) is 7.10. The molecule has 0 amide bonds. The fourth-order valence-electron chi connectivity index (χ4n) is 1.23. The van der Waals surface area contributed by atoms with Crippen LogP contribution in [0.15, 0.2) is 18.2 Å². The largest absolute Gasteiger partial charge is 0.465 e. The lowest BCUT2D eigenvalue weighted by molar-refractivity contribution is 0.0601. The number of ketones is 1. The predicted octanol–water partition coefficient (Wildman–Crippen LogP) is 1.65. The Kier molecular flexibility index (Phi) is 3.44. The van der Waals surface area contributed by atoms with Crippen LogP contribution >= 0.6 is 0 Å². The minimum absolute atomic E-state index is 0.0850. The molecule has 0 bridgehead atoms. The molecule has 1 aromatic rings. The van der Waals surface area contributed by atoms with Crippen molar-refractivity contribution < 1.29 is 14.3 Å². The number of carbonyl (C=O) groups excluding carboxylic acids is 2. The number of benzene rings is 1. The number of esters is 1. The first-order valence-electron chi connectivity index (χ1n) is 4.61. The molecule has 1 rings (SSSR count). The van der Waals surface area contributed by atoms with Gasteiger partial charge in [0.25, 0.3) is 0 Å². The molecule has 1 aromatic carbocycles. The molecule has 0 aromatic heterocycles. The van der Waals surface area contributed by atoms with Gasteiger partial charge in [-0.15, -0.1) is 0 Å². The number of hydrogen-bond acceptors (Lipinski definition) is 4. The van der Waals surface area contributed by atoms with Crippen LogP contribution in [0.2, 0.25) is 0 Å². The van der Waals surface area contributed by atoms with Gasteiger partial charge in [-0.25, -0.2) is 4.79 Å². The minimum atomic E-state index is -0.472. The number of nitrogen functional groups attached to an aromatic ring is 1. The lowest BCUT2D eigenvalue weighted by atomic mass is 10.0. The highest BCUT2D eigenvalue weighted by molar-refractivity contribution is 6.03. The molecule has 0 saturated heterocycles. The third kappa shape index (κ3) is 2.34. The van der Waals surface area contributed by atoms with E-state index in [2.05, 4.69) is 4.74 Å². The molecule has 0 aliphatic carbocycles. The van der Waals surface area contributed by atoms with Gasteiger partial charge in [0, 0.05) is 17.7 Å².